The number of Topliss-reactive ketones (excluding diaryl/α,β-unsaturated/α-hetero) is 2. The van der Waals surface area contributed by atoms with Crippen molar-refractivity contribution in [2.24, 2.45) is 17.4 Å². The van der Waals surface area contributed by atoms with Gasteiger partial charge < -0.3 is 32.5 Å². The Labute approximate surface area is 181 Å². The van der Waals surface area contributed by atoms with Gasteiger partial charge in [0.25, 0.3) is 0 Å². The molecule has 0 heterocycles. The van der Waals surface area contributed by atoms with Gasteiger partial charge in [-0.15, -0.1) is 11.6 Å². The van der Waals surface area contributed by atoms with Gasteiger partial charge >= 0.3 is 0 Å². The van der Waals surface area contributed by atoms with E-state index in [0.29, 0.717) is 12.8 Å². The highest BCUT2D eigenvalue weighted by Gasteiger charge is 2.32. The van der Waals surface area contributed by atoms with Crippen LogP contribution >= 0.6 is 11.6 Å². The second-order valence-corrected chi connectivity index (χ2v) is 7.70. The molecule has 0 radical (unpaired) electrons. The molecule has 2 amide bonds. The number of rotatable bonds is 14. The van der Waals surface area contributed by atoms with E-state index in [0.717, 1.165) is 0 Å². The number of guanidine groups is 1. The van der Waals surface area contributed by atoms with Crippen LogP contribution in [0.15, 0.2) is 0 Å². The monoisotopic (exact) mass is 448 g/mol. The molecule has 9 N–H and O–H groups in total. The zero-order valence-electron chi connectivity index (χ0n) is 17.5. The van der Waals surface area contributed by atoms with E-state index in [2.05, 4.69) is 16.0 Å². The first-order chi connectivity index (χ1) is 13.9. The second-order valence-electron chi connectivity index (χ2n) is 7.43. The Balaban J connectivity index is 5.22. The Kier molecular flexibility index (Phi) is 12.8. The predicted molar refractivity (Wildman–Crippen MR) is 113 cm³/mol. The quantitative estimate of drug-likeness (QED) is 0.0538. The van der Waals surface area contributed by atoms with E-state index in [9.17, 15) is 24.3 Å². The summed E-state index contributed by atoms with van der Waals surface area (Å²) in [4.78, 5) is 48.9. The van der Waals surface area contributed by atoms with Gasteiger partial charge in [-0.3, -0.25) is 24.6 Å². The average molecular weight is 449 g/mol. The number of aliphatic hydroxyl groups excluding tert-OH is 1. The lowest BCUT2D eigenvalue weighted by atomic mass is 10.0. The summed E-state index contributed by atoms with van der Waals surface area (Å²) in [6.45, 7) is 5.31. The van der Waals surface area contributed by atoms with Gasteiger partial charge in [0.15, 0.2) is 5.96 Å². The van der Waals surface area contributed by atoms with Crippen molar-refractivity contribution in [2.75, 3.05) is 12.4 Å². The maximum absolute atomic E-state index is 12.6. The van der Waals surface area contributed by atoms with Gasteiger partial charge in [-0.1, -0.05) is 13.8 Å². The summed E-state index contributed by atoms with van der Waals surface area (Å²) < 4.78 is 0. The maximum Gasteiger partial charge on any atom is 0.245 e. The van der Waals surface area contributed by atoms with Crippen molar-refractivity contribution in [3.63, 3.8) is 0 Å². The van der Waals surface area contributed by atoms with E-state index in [4.69, 9.17) is 28.5 Å². The minimum Gasteiger partial charge on any atom is -0.391 e. The summed E-state index contributed by atoms with van der Waals surface area (Å²) in [7, 11) is 0. The highest BCUT2D eigenvalue weighted by atomic mass is 35.5. The first-order valence-electron chi connectivity index (χ1n) is 9.65. The lowest BCUT2D eigenvalue weighted by Crippen LogP contribution is -2.58. The average Bonchev–Trinajstić information content (AvgIpc) is 2.65. The number of nitrogens with one attached hydrogen (secondary N) is 4. The highest BCUT2D eigenvalue weighted by Crippen LogP contribution is 2.06. The molecule has 4 atom stereocenters. The molecule has 0 aliphatic carbocycles. The van der Waals surface area contributed by atoms with E-state index < -0.39 is 53.5 Å². The van der Waals surface area contributed by atoms with Crippen LogP contribution in [0.4, 0.5) is 0 Å². The molecular weight excluding hydrogens is 416 g/mol. The molecule has 0 aliphatic rings. The first-order valence-corrected chi connectivity index (χ1v) is 10.2. The molecule has 12 heteroatoms. The highest BCUT2D eigenvalue weighted by molar-refractivity contribution is 6.48. The molecule has 1 unspecified atom stereocenters. The third kappa shape index (κ3) is 10.5. The van der Waals surface area contributed by atoms with Crippen molar-refractivity contribution in [1.82, 2.24) is 16.0 Å². The number of alkyl halides is 1. The largest absolute Gasteiger partial charge is 0.391 e. The Hall–Kier alpha value is -2.24. The number of nitrogens with two attached hydrogens (primary N) is 2. The van der Waals surface area contributed by atoms with Crippen molar-refractivity contribution in [2.45, 2.75) is 64.3 Å². The minimum atomic E-state index is -1.37. The van der Waals surface area contributed by atoms with Gasteiger partial charge in [0.2, 0.25) is 23.4 Å². The summed E-state index contributed by atoms with van der Waals surface area (Å²) in [6, 6.07) is -3.44. The third-order valence-electron chi connectivity index (χ3n) is 4.14. The molecule has 0 fully saturated rings. The molecule has 0 aromatic rings. The summed E-state index contributed by atoms with van der Waals surface area (Å²) >= 11 is 5.44. The number of hydrogen-bond donors (Lipinski definition) is 7. The number of aliphatic hydroxyl groups is 1. The molecule has 172 valence electrons. The van der Waals surface area contributed by atoms with Crippen LogP contribution in [0.5, 0.6) is 0 Å². The van der Waals surface area contributed by atoms with Crippen LogP contribution in [-0.2, 0) is 19.2 Å². The molecule has 0 saturated carbocycles. The van der Waals surface area contributed by atoms with Gasteiger partial charge in [0, 0.05) is 6.54 Å². The molecule has 0 aliphatic heterocycles. The first kappa shape index (κ1) is 27.8. The molecule has 30 heavy (non-hydrogen) atoms. The van der Waals surface area contributed by atoms with Crippen LogP contribution in [0.3, 0.4) is 0 Å². The van der Waals surface area contributed by atoms with E-state index in [1.165, 1.54) is 6.92 Å². The maximum atomic E-state index is 12.6. The molecule has 0 saturated heterocycles. The van der Waals surface area contributed by atoms with Gasteiger partial charge in [-0.2, -0.15) is 0 Å². The van der Waals surface area contributed by atoms with E-state index in [-0.39, 0.29) is 24.8 Å². The summed E-state index contributed by atoms with van der Waals surface area (Å²) in [5.74, 6) is -3.88. The fourth-order valence-electron chi connectivity index (χ4n) is 2.60. The van der Waals surface area contributed by atoms with Crippen LogP contribution in [-0.4, -0.2) is 71.1 Å². The minimum absolute atomic E-state index is 0.0564. The van der Waals surface area contributed by atoms with E-state index in [1.807, 2.05) is 13.8 Å². The van der Waals surface area contributed by atoms with E-state index in [1.54, 1.807) is 0 Å². The third-order valence-corrected chi connectivity index (χ3v) is 4.38. The lowest BCUT2D eigenvalue weighted by Gasteiger charge is -2.25. The number of amides is 2. The standard InChI is InChI=1S/C18H33ClN6O5/c1-9(2)7-11(20)16(29)25-14(10(3)26)17(30)24-12(15(28)13(27)8-19)5-4-6-23-18(21)22/h9-12,14,26H,4-8,20H2,1-3H3,(H,24,30)(H,25,29)(H4,21,22,23)/t10?,11-,12+,14+/m1/s1. The van der Waals surface area contributed by atoms with E-state index >= 15 is 0 Å². The fraction of sp³-hybridized carbons (Fsp3) is 0.722. The number of carbonyl (C=O) groups excluding carboxylic acids is 4. The fourth-order valence-corrected chi connectivity index (χ4v) is 2.73. The zero-order chi connectivity index (χ0) is 23.4. The molecule has 0 aromatic heterocycles. The van der Waals surface area contributed by atoms with Crippen LogP contribution in [0.2, 0.25) is 0 Å². The van der Waals surface area contributed by atoms with Crippen molar-refractivity contribution < 1.29 is 24.3 Å². The summed E-state index contributed by atoms with van der Waals surface area (Å²) in [5.41, 5.74) is 11.0. The molecule has 0 bridgehead atoms. The zero-order valence-corrected chi connectivity index (χ0v) is 18.3. The summed E-state index contributed by atoms with van der Waals surface area (Å²) in [5, 5.41) is 24.4. The van der Waals surface area contributed by atoms with Crippen molar-refractivity contribution in [3.8, 4) is 0 Å². The Morgan fingerprint density at radius 1 is 1.10 bits per heavy atom. The Morgan fingerprint density at radius 2 is 1.70 bits per heavy atom. The van der Waals surface area contributed by atoms with Crippen LogP contribution in [0.25, 0.3) is 0 Å². The number of halogens is 1. The predicted octanol–water partition coefficient (Wildman–Crippen LogP) is -1.65. The van der Waals surface area contributed by atoms with Crippen molar-refractivity contribution in [1.29, 1.82) is 5.41 Å². The van der Waals surface area contributed by atoms with Crippen molar-refractivity contribution >= 4 is 40.9 Å². The van der Waals surface area contributed by atoms with Crippen LogP contribution in [0.1, 0.15) is 40.0 Å². The lowest BCUT2D eigenvalue weighted by molar-refractivity contribution is -0.139. The molecule has 0 rings (SSSR count). The Morgan fingerprint density at radius 3 is 2.17 bits per heavy atom. The SMILES string of the molecule is CC(C)C[C@@H](N)C(=O)N[C@H](C(=O)N[C@@H](CCCNC(=N)N)C(=O)C(=O)CCl)C(C)O. The normalized spacial score (nSPS) is 14.9. The Bertz CT molecular complexity index is 628. The van der Waals surface area contributed by atoms with Gasteiger partial charge in [0.1, 0.15) is 6.04 Å². The topological polar surface area (TPSA) is 200 Å². The van der Waals surface area contributed by atoms with Crippen LogP contribution < -0.4 is 27.4 Å². The van der Waals surface area contributed by atoms with Gasteiger partial charge in [-0.25, -0.2) is 0 Å². The number of ketones is 2. The number of carbonyl (C=O) groups is 4. The molecule has 11 nitrogen and oxygen atoms in total. The summed E-state index contributed by atoms with van der Waals surface area (Å²) in [6.07, 6.45) is -0.536. The second kappa shape index (κ2) is 13.9. The van der Waals surface area contributed by atoms with Crippen molar-refractivity contribution in [3.05, 3.63) is 0 Å². The van der Waals surface area contributed by atoms with Crippen LogP contribution in [0, 0.1) is 11.3 Å². The molecular formula is C18H33ClN6O5. The molecule has 0 aromatic carbocycles. The smallest absolute Gasteiger partial charge is 0.245 e. The number of hydrogen-bond acceptors (Lipinski definition) is 7. The molecule has 0 spiro atoms. The van der Waals surface area contributed by atoms with Gasteiger partial charge in [0.05, 0.1) is 24.1 Å². The van der Waals surface area contributed by atoms with Gasteiger partial charge in [-0.05, 0) is 32.1 Å².